The first kappa shape index (κ1) is 15.0. The Morgan fingerprint density at radius 2 is 2.00 bits per heavy atom. The molecule has 20 heavy (non-hydrogen) atoms. The van der Waals surface area contributed by atoms with E-state index in [0.29, 0.717) is 32.3 Å². The van der Waals surface area contributed by atoms with Crippen LogP contribution in [-0.4, -0.2) is 14.3 Å². The zero-order valence-electron chi connectivity index (χ0n) is 10.7. The van der Waals surface area contributed by atoms with Gasteiger partial charge in [0.05, 0.1) is 15.7 Å². The molecule has 108 valence electrons. The van der Waals surface area contributed by atoms with Crippen LogP contribution >= 0.6 is 23.2 Å². The second-order valence-corrected chi connectivity index (χ2v) is 4.89. The molecule has 0 saturated carbocycles. The first-order chi connectivity index (χ1) is 9.38. The Balaban J connectivity index is 2.73. The van der Waals surface area contributed by atoms with Crippen molar-refractivity contribution in [3.63, 3.8) is 0 Å². The van der Waals surface area contributed by atoms with Gasteiger partial charge in [-0.2, -0.15) is 18.6 Å². The topological polar surface area (TPSA) is 39.8 Å². The standard InChI is InChI=1S/C12H11Cl2F2N3O/c1-3-7-9(5-4-8(13)10(7)14)19-12(20)18(11(15)16)6(2)17-19/h4-5,11H,3H2,1-2H3. The van der Waals surface area contributed by atoms with Crippen LogP contribution < -0.4 is 5.69 Å². The predicted octanol–water partition coefficient (Wildman–Crippen LogP) is 3.61. The van der Waals surface area contributed by atoms with Crippen LogP contribution in [0.3, 0.4) is 0 Å². The lowest BCUT2D eigenvalue weighted by molar-refractivity contribution is 0.0640. The van der Waals surface area contributed by atoms with Crippen LogP contribution in [-0.2, 0) is 6.42 Å². The van der Waals surface area contributed by atoms with E-state index >= 15 is 0 Å². The monoisotopic (exact) mass is 321 g/mol. The highest BCUT2D eigenvalue weighted by Gasteiger charge is 2.20. The summed E-state index contributed by atoms with van der Waals surface area (Å²) in [7, 11) is 0. The van der Waals surface area contributed by atoms with Gasteiger partial charge < -0.3 is 0 Å². The summed E-state index contributed by atoms with van der Waals surface area (Å²) < 4.78 is 26.9. The molecule has 0 aliphatic carbocycles. The van der Waals surface area contributed by atoms with E-state index in [1.165, 1.54) is 19.1 Å². The number of nitrogens with zero attached hydrogens (tertiary/aromatic N) is 3. The molecule has 0 unspecified atom stereocenters. The fraction of sp³-hybridized carbons (Fsp3) is 0.333. The molecule has 0 spiro atoms. The third kappa shape index (κ3) is 2.33. The number of hydrogen-bond donors (Lipinski definition) is 0. The first-order valence-electron chi connectivity index (χ1n) is 5.82. The van der Waals surface area contributed by atoms with E-state index in [9.17, 15) is 13.6 Å². The highest BCUT2D eigenvalue weighted by atomic mass is 35.5. The Kier molecular flexibility index (Phi) is 4.15. The maximum atomic E-state index is 12.8. The highest BCUT2D eigenvalue weighted by molar-refractivity contribution is 6.42. The minimum Gasteiger partial charge on any atom is -0.245 e. The number of aromatic nitrogens is 3. The van der Waals surface area contributed by atoms with Crippen molar-refractivity contribution in [2.24, 2.45) is 0 Å². The predicted molar refractivity (Wildman–Crippen MR) is 73.2 cm³/mol. The SMILES string of the molecule is CCc1c(-n2nc(C)n(C(F)F)c2=O)ccc(Cl)c1Cl. The van der Waals surface area contributed by atoms with Gasteiger partial charge in [0.2, 0.25) is 0 Å². The van der Waals surface area contributed by atoms with Crippen LogP contribution in [0.15, 0.2) is 16.9 Å². The lowest BCUT2D eigenvalue weighted by Crippen LogP contribution is -2.25. The van der Waals surface area contributed by atoms with Gasteiger partial charge in [0.25, 0.3) is 0 Å². The Bertz CT molecular complexity index is 709. The summed E-state index contributed by atoms with van der Waals surface area (Å²) in [6.45, 7) is 0.222. The summed E-state index contributed by atoms with van der Waals surface area (Å²) in [5.41, 5.74) is 0.0279. The third-order valence-corrected chi connectivity index (χ3v) is 3.77. The van der Waals surface area contributed by atoms with Crippen molar-refractivity contribution in [3.05, 3.63) is 44.1 Å². The quantitative estimate of drug-likeness (QED) is 0.866. The lowest BCUT2D eigenvalue weighted by Gasteiger charge is -2.10. The first-order valence-corrected chi connectivity index (χ1v) is 6.57. The van der Waals surface area contributed by atoms with Crippen LogP contribution in [0, 0.1) is 6.92 Å². The van der Waals surface area contributed by atoms with Crippen molar-refractivity contribution in [2.45, 2.75) is 26.8 Å². The maximum absolute atomic E-state index is 12.8. The molecule has 1 heterocycles. The molecule has 1 aromatic carbocycles. The number of rotatable bonds is 3. The highest BCUT2D eigenvalue weighted by Crippen LogP contribution is 2.30. The minimum absolute atomic E-state index is 0.0712. The normalized spacial score (nSPS) is 11.3. The summed E-state index contributed by atoms with van der Waals surface area (Å²) >= 11 is 12.0. The van der Waals surface area contributed by atoms with E-state index in [-0.39, 0.29) is 5.82 Å². The van der Waals surface area contributed by atoms with E-state index in [1.54, 1.807) is 0 Å². The Labute approximate surface area is 123 Å². The van der Waals surface area contributed by atoms with Gasteiger partial charge in [0.1, 0.15) is 5.82 Å². The van der Waals surface area contributed by atoms with E-state index in [0.717, 1.165) is 4.68 Å². The Morgan fingerprint density at radius 1 is 1.35 bits per heavy atom. The van der Waals surface area contributed by atoms with Crippen molar-refractivity contribution < 1.29 is 8.78 Å². The van der Waals surface area contributed by atoms with Crippen LogP contribution in [0.1, 0.15) is 24.9 Å². The molecule has 8 heteroatoms. The molecular formula is C12H11Cl2F2N3O. The summed E-state index contributed by atoms with van der Waals surface area (Å²) in [4.78, 5) is 12.0. The molecule has 0 N–H and O–H groups in total. The number of alkyl halides is 2. The Morgan fingerprint density at radius 3 is 2.50 bits per heavy atom. The van der Waals surface area contributed by atoms with Gasteiger partial charge in [0, 0.05) is 0 Å². The maximum Gasteiger partial charge on any atom is 0.355 e. The smallest absolute Gasteiger partial charge is 0.245 e. The van der Waals surface area contributed by atoms with Gasteiger partial charge in [-0.25, -0.2) is 9.36 Å². The summed E-state index contributed by atoms with van der Waals surface area (Å²) in [5.74, 6) is -0.0712. The van der Waals surface area contributed by atoms with E-state index < -0.39 is 12.2 Å². The molecule has 0 fully saturated rings. The average Bonchev–Trinajstić information content (AvgIpc) is 2.67. The molecule has 2 rings (SSSR count). The van der Waals surface area contributed by atoms with Crippen molar-refractivity contribution in [2.75, 3.05) is 0 Å². The summed E-state index contributed by atoms with van der Waals surface area (Å²) in [6.07, 6.45) is 0.488. The molecule has 1 aromatic heterocycles. The largest absolute Gasteiger partial charge is 0.355 e. The molecule has 4 nitrogen and oxygen atoms in total. The molecule has 0 amide bonds. The van der Waals surface area contributed by atoms with E-state index in [1.807, 2.05) is 6.92 Å². The van der Waals surface area contributed by atoms with Crippen molar-refractivity contribution in [3.8, 4) is 5.69 Å². The zero-order valence-corrected chi connectivity index (χ0v) is 12.2. The molecular weight excluding hydrogens is 311 g/mol. The van der Waals surface area contributed by atoms with Crippen molar-refractivity contribution in [1.82, 2.24) is 14.3 Å². The number of benzene rings is 1. The van der Waals surface area contributed by atoms with Gasteiger partial charge in [-0.15, -0.1) is 0 Å². The van der Waals surface area contributed by atoms with Crippen LogP contribution in [0.5, 0.6) is 0 Å². The van der Waals surface area contributed by atoms with Crippen molar-refractivity contribution in [1.29, 1.82) is 0 Å². The summed E-state index contributed by atoms with van der Waals surface area (Å²) in [5, 5.41) is 4.50. The molecule has 0 saturated heterocycles. The van der Waals surface area contributed by atoms with Crippen LogP contribution in [0.4, 0.5) is 8.78 Å². The van der Waals surface area contributed by atoms with E-state index in [4.69, 9.17) is 23.2 Å². The van der Waals surface area contributed by atoms with Gasteiger partial charge in [-0.1, -0.05) is 30.1 Å². The number of aryl methyl sites for hydroxylation is 1. The average molecular weight is 322 g/mol. The summed E-state index contributed by atoms with van der Waals surface area (Å²) in [6, 6.07) is 3.04. The number of halogens is 4. The second kappa shape index (κ2) is 5.54. The fourth-order valence-electron chi connectivity index (χ4n) is 1.97. The van der Waals surface area contributed by atoms with Crippen molar-refractivity contribution >= 4 is 23.2 Å². The molecule has 0 aliphatic rings. The fourth-order valence-corrected chi connectivity index (χ4v) is 2.45. The van der Waals surface area contributed by atoms with Crippen LogP contribution in [0.25, 0.3) is 5.69 Å². The Hall–Kier alpha value is -1.40. The molecule has 0 atom stereocenters. The molecule has 0 radical (unpaired) electrons. The molecule has 2 aromatic rings. The van der Waals surface area contributed by atoms with E-state index in [2.05, 4.69) is 5.10 Å². The number of hydrogen-bond acceptors (Lipinski definition) is 2. The van der Waals surface area contributed by atoms with Crippen LogP contribution in [0.2, 0.25) is 10.0 Å². The molecule has 0 bridgehead atoms. The van der Waals surface area contributed by atoms with Gasteiger partial charge >= 0.3 is 12.2 Å². The van der Waals surface area contributed by atoms with Gasteiger partial charge in [0.15, 0.2) is 0 Å². The lowest BCUT2D eigenvalue weighted by atomic mass is 10.1. The van der Waals surface area contributed by atoms with Gasteiger partial charge in [-0.05, 0) is 31.0 Å². The second-order valence-electron chi connectivity index (χ2n) is 4.10. The third-order valence-electron chi connectivity index (χ3n) is 2.93. The van der Waals surface area contributed by atoms with Gasteiger partial charge in [-0.3, -0.25) is 0 Å². The minimum atomic E-state index is -2.94. The molecule has 0 aliphatic heterocycles. The zero-order chi connectivity index (χ0) is 15.0.